The van der Waals surface area contributed by atoms with Crippen LogP contribution in [-0.4, -0.2) is 19.7 Å². The molecule has 6 rings (SSSR count). The molecule has 0 amide bonds. The fourth-order valence-electron chi connectivity index (χ4n) is 6.48. The maximum absolute atomic E-state index is 14.0. The molecule has 1 N–H and O–H groups in total. The van der Waals surface area contributed by atoms with Crippen LogP contribution in [0.3, 0.4) is 0 Å². The molecular weight excluding hydrogens is 578 g/mol. The second kappa shape index (κ2) is 10.5. The van der Waals surface area contributed by atoms with Crippen molar-refractivity contribution >= 4 is 10.9 Å². The molecule has 0 saturated heterocycles. The fraction of sp³-hybridized carbons (Fsp3) is 0.324. The minimum Gasteiger partial charge on any atom is -0.361 e. The van der Waals surface area contributed by atoms with Crippen LogP contribution >= 0.6 is 0 Å². The lowest BCUT2D eigenvalue weighted by Gasteiger charge is -2.33. The van der Waals surface area contributed by atoms with Gasteiger partial charge in [-0.3, -0.25) is 4.90 Å². The summed E-state index contributed by atoms with van der Waals surface area (Å²) < 4.78 is 84.8. The van der Waals surface area contributed by atoms with Gasteiger partial charge in [-0.15, -0.1) is 0 Å². The Morgan fingerprint density at radius 3 is 2.16 bits per heavy atom. The summed E-state index contributed by atoms with van der Waals surface area (Å²) in [6.45, 7) is 7.78. The van der Waals surface area contributed by atoms with E-state index < -0.39 is 34.6 Å². The first kappa shape index (κ1) is 30.0. The summed E-state index contributed by atoms with van der Waals surface area (Å²) in [6, 6.07) is 15.7. The molecule has 0 fully saturated rings. The van der Waals surface area contributed by atoms with Crippen LogP contribution < -0.4 is 0 Å². The van der Waals surface area contributed by atoms with Gasteiger partial charge in [0.05, 0.1) is 33.7 Å². The van der Waals surface area contributed by atoms with E-state index in [0.717, 1.165) is 57.4 Å². The Hall–Kier alpha value is -4.05. The van der Waals surface area contributed by atoms with Crippen molar-refractivity contribution in [3.8, 4) is 16.9 Å². The first-order valence-electron chi connectivity index (χ1n) is 14.6. The number of halogens is 6. The molecule has 2 aromatic heterocycles. The second-order valence-corrected chi connectivity index (χ2v) is 11.7. The highest BCUT2D eigenvalue weighted by Crippen LogP contribution is 2.47. The van der Waals surface area contributed by atoms with E-state index in [1.807, 2.05) is 55.1 Å². The molecular formula is C34H32F6N4. The molecule has 0 radical (unpaired) electrons. The van der Waals surface area contributed by atoms with Crippen LogP contribution in [-0.2, 0) is 43.8 Å². The predicted molar refractivity (Wildman–Crippen MR) is 158 cm³/mol. The first-order valence-corrected chi connectivity index (χ1v) is 14.6. The zero-order valence-corrected chi connectivity index (χ0v) is 24.8. The number of nitrogens with one attached hydrogen (secondary N) is 1. The zero-order chi connectivity index (χ0) is 31.6. The van der Waals surface area contributed by atoms with E-state index in [2.05, 4.69) is 31.0 Å². The number of aromatic nitrogens is 3. The molecule has 0 spiro atoms. The monoisotopic (exact) mass is 610 g/mol. The van der Waals surface area contributed by atoms with Crippen LogP contribution in [0.2, 0.25) is 0 Å². The summed E-state index contributed by atoms with van der Waals surface area (Å²) in [5, 5.41) is 6.15. The summed E-state index contributed by atoms with van der Waals surface area (Å²) in [5.74, 6) is 0. The Labute approximate surface area is 251 Å². The molecule has 1 aliphatic heterocycles. The van der Waals surface area contributed by atoms with Crippen LogP contribution in [0.25, 0.3) is 27.8 Å². The number of nitrogens with zero attached hydrogens (tertiary/aromatic N) is 3. The highest BCUT2D eigenvalue weighted by molar-refractivity contribution is 5.95. The van der Waals surface area contributed by atoms with Gasteiger partial charge in [0.2, 0.25) is 0 Å². The molecule has 230 valence electrons. The maximum atomic E-state index is 14.0. The topological polar surface area (TPSA) is 36.9 Å². The van der Waals surface area contributed by atoms with Crippen molar-refractivity contribution in [2.45, 2.75) is 71.5 Å². The Bertz CT molecular complexity index is 1840. The Kier molecular flexibility index (Phi) is 7.19. The number of alkyl halides is 6. The van der Waals surface area contributed by atoms with E-state index in [-0.39, 0.29) is 13.1 Å². The number of fused-ring (bicyclic) bond motifs is 2. The lowest BCUT2D eigenvalue weighted by atomic mass is 9.96. The molecule has 10 heteroatoms. The van der Waals surface area contributed by atoms with Crippen LogP contribution in [0.15, 0.2) is 66.9 Å². The number of aryl methyl sites for hydroxylation is 2. The third-order valence-corrected chi connectivity index (χ3v) is 8.83. The number of aromatic amines is 1. The van der Waals surface area contributed by atoms with Gasteiger partial charge in [-0.2, -0.15) is 31.4 Å². The van der Waals surface area contributed by atoms with Gasteiger partial charge in [0.1, 0.15) is 0 Å². The third-order valence-electron chi connectivity index (χ3n) is 8.83. The van der Waals surface area contributed by atoms with Crippen molar-refractivity contribution < 1.29 is 26.3 Å². The van der Waals surface area contributed by atoms with Gasteiger partial charge in [-0.25, -0.2) is 4.68 Å². The van der Waals surface area contributed by atoms with Gasteiger partial charge in [-0.05, 0) is 73.7 Å². The molecule has 0 bridgehead atoms. The van der Waals surface area contributed by atoms with Crippen molar-refractivity contribution in [1.82, 2.24) is 19.7 Å². The molecule has 44 heavy (non-hydrogen) atoms. The summed E-state index contributed by atoms with van der Waals surface area (Å²) in [7, 11) is 0. The number of hydrogen-bond acceptors (Lipinski definition) is 2. The number of para-hydroxylation sites is 1. The second-order valence-electron chi connectivity index (χ2n) is 11.7. The first-order chi connectivity index (χ1) is 20.8. The van der Waals surface area contributed by atoms with E-state index in [4.69, 9.17) is 5.10 Å². The fourth-order valence-corrected chi connectivity index (χ4v) is 6.48. The van der Waals surface area contributed by atoms with Gasteiger partial charge in [0, 0.05) is 41.3 Å². The minimum absolute atomic E-state index is 0.210. The van der Waals surface area contributed by atoms with Crippen molar-refractivity contribution in [1.29, 1.82) is 0 Å². The van der Waals surface area contributed by atoms with E-state index in [1.54, 1.807) is 4.90 Å². The quantitative estimate of drug-likeness (QED) is 0.195. The summed E-state index contributed by atoms with van der Waals surface area (Å²) in [4.78, 5) is 5.04. The van der Waals surface area contributed by atoms with E-state index in [0.29, 0.717) is 23.9 Å². The lowest BCUT2D eigenvalue weighted by Crippen LogP contribution is -2.36. The van der Waals surface area contributed by atoms with Gasteiger partial charge in [-0.1, -0.05) is 44.2 Å². The van der Waals surface area contributed by atoms with Crippen molar-refractivity contribution in [2.75, 3.05) is 0 Å². The highest BCUT2D eigenvalue weighted by Gasteiger charge is 2.45. The predicted octanol–water partition coefficient (Wildman–Crippen LogP) is 9.43. The molecule has 4 nitrogen and oxygen atoms in total. The van der Waals surface area contributed by atoms with E-state index in [9.17, 15) is 26.3 Å². The molecule has 0 unspecified atom stereocenters. The average molecular weight is 611 g/mol. The molecule has 0 atom stereocenters. The van der Waals surface area contributed by atoms with Crippen molar-refractivity contribution in [3.05, 3.63) is 106 Å². The molecule has 0 saturated carbocycles. The molecule has 5 aromatic rings. The molecule has 0 aliphatic carbocycles. The number of rotatable bonds is 6. The van der Waals surface area contributed by atoms with Crippen molar-refractivity contribution in [3.63, 3.8) is 0 Å². The summed E-state index contributed by atoms with van der Waals surface area (Å²) >= 11 is 0. The molecule has 1 aliphatic rings. The van der Waals surface area contributed by atoms with Crippen LogP contribution in [0, 0.1) is 0 Å². The van der Waals surface area contributed by atoms with Crippen LogP contribution in [0.4, 0.5) is 26.3 Å². The van der Waals surface area contributed by atoms with E-state index >= 15 is 0 Å². The number of hydrogen-bond donors (Lipinski definition) is 1. The normalized spacial score (nSPS) is 15.3. The third kappa shape index (κ3) is 4.89. The summed E-state index contributed by atoms with van der Waals surface area (Å²) in [5.41, 5.74) is 3.93. The molecule has 3 heterocycles. The van der Waals surface area contributed by atoms with Gasteiger partial charge in [0.15, 0.2) is 0 Å². The largest absolute Gasteiger partial charge is 0.416 e. The SMILES string of the molecule is CCc1cccc(CC)c1-n1nc2c(c1-c1cccc3[nH]ccc13)CN(Cc1cc(C(F)(F)F)ccc1C(F)(F)F)C2(C)C. The van der Waals surface area contributed by atoms with Gasteiger partial charge >= 0.3 is 12.4 Å². The smallest absolute Gasteiger partial charge is 0.361 e. The average Bonchev–Trinajstić information content (AvgIpc) is 3.66. The van der Waals surface area contributed by atoms with Gasteiger partial charge in [0.25, 0.3) is 0 Å². The lowest BCUT2D eigenvalue weighted by molar-refractivity contribution is -0.142. The summed E-state index contributed by atoms with van der Waals surface area (Å²) in [6.07, 6.45) is -6.17. The van der Waals surface area contributed by atoms with E-state index in [1.165, 1.54) is 0 Å². The number of H-pyrrole nitrogens is 1. The Morgan fingerprint density at radius 1 is 0.841 bits per heavy atom. The standard InChI is InChI=1S/C34H32F6N4/c1-5-20-9-7-10-21(6-2)29(20)44-30(25-11-8-12-28-24(25)15-16-41-28)26-19-43(32(3,4)31(26)42-44)18-22-17-23(33(35,36)37)13-14-27(22)34(38,39)40/h7-17,41H,5-6,18-19H2,1-4H3. The zero-order valence-electron chi connectivity index (χ0n) is 24.8. The number of benzene rings is 3. The maximum Gasteiger partial charge on any atom is 0.416 e. The highest BCUT2D eigenvalue weighted by atomic mass is 19.4. The Morgan fingerprint density at radius 2 is 1.52 bits per heavy atom. The van der Waals surface area contributed by atoms with Crippen LogP contribution in [0.5, 0.6) is 0 Å². The van der Waals surface area contributed by atoms with Crippen molar-refractivity contribution in [2.24, 2.45) is 0 Å². The van der Waals surface area contributed by atoms with Crippen LogP contribution in [0.1, 0.15) is 66.8 Å². The minimum atomic E-state index is -4.80. The molecule has 3 aromatic carbocycles. The van der Waals surface area contributed by atoms with Gasteiger partial charge < -0.3 is 4.98 Å². The Balaban J connectivity index is 1.55.